The van der Waals surface area contributed by atoms with Crippen LogP contribution in [0.15, 0.2) is 5.38 Å². The van der Waals surface area contributed by atoms with Gasteiger partial charge in [-0.15, -0.1) is 11.3 Å². The third kappa shape index (κ3) is 2.58. The fraction of sp³-hybridized carbons (Fsp3) is 0.455. The Bertz CT molecular complexity index is 536. The van der Waals surface area contributed by atoms with E-state index in [-0.39, 0.29) is 24.1 Å². The summed E-state index contributed by atoms with van der Waals surface area (Å²) >= 11 is 1.16. The zero-order chi connectivity index (χ0) is 14.0. The van der Waals surface area contributed by atoms with E-state index in [9.17, 15) is 14.4 Å². The second kappa shape index (κ2) is 4.96. The van der Waals surface area contributed by atoms with Crippen molar-refractivity contribution in [3.05, 3.63) is 16.1 Å². The summed E-state index contributed by atoms with van der Waals surface area (Å²) in [5.41, 5.74) is -0.983. The molecule has 0 saturated heterocycles. The van der Waals surface area contributed by atoms with E-state index in [4.69, 9.17) is 5.11 Å². The quantitative estimate of drug-likeness (QED) is 0.658. The highest BCUT2D eigenvalue weighted by Gasteiger charge is 2.56. The third-order valence-electron chi connectivity index (χ3n) is 3.02. The maximum absolute atomic E-state index is 11.9. The van der Waals surface area contributed by atoms with Crippen LogP contribution in [0.5, 0.6) is 0 Å². The zero-order valence-corrected chi connectivity index (χ0v) is 11.0. The molecule has 0 aliphatic heterocycles. The van der Waals surface area contributed by atoms with Crippen LogP contribution in [0.1, 0.15) is 28.3 Å². The largest absolute Gasteiger partial charge is 0.476 e. The van der Waals surface area contributed by atoms with Crippen LogP contribution in [-0.2, 0) is 16.1 Å². The molecule has 1 fully saturated rings. The first kappa shape index (κ1) is 13.5. The summed E-state index contributed by atoms with van der Waals surface area (Å²) in [7, 11) is 1.50. The Kier molecular flexibility index (Phi) is 3.52. The first-order valence-electron chi connectivity index (χ1n) is 5.68. The molecule has 7 nitrogen and oxygen atoms in total. The highest BCUT2D eigenvalue weighted by molar-refractivity contribution is 7.09. The van der Waals surface area contributed by atoms with Gasteiger partial charge in [-0.05, 0) is 12.8 Å². The van der Waals surface area contributed by atoms with Gasteiger partial charge in [0.25, 0.3) is 0 Å². The first-order valence-corrected chi connectivity index (χ1v) is 6.56. The molecule has 1 saturated carbocycles. The molecule has 0 spiro atoms. The number of aromatic nitrogens is 1. The van der Waals surface area contributed by atoms with Crippen molar-refractivity contribution >= 4 is 29.1 Å². The molecule has 0 radical (unpaired) electrons. The number of aromatic carboxylic acids is 1. The first-order chi connectivity index (χ1) is 8.99. The standard InChI is InChI=1S/C11H13N3O4S/c1-12-9(17)11(2-3-11)10(18)13-4-7-14-6(5-19-7)8(15)16/h5H,2-4H2,1H3,(H,12,17)(H,13,18)(H,15,16). The Morgan fingerprint density at radius 1 is 1.42 bits per heavy atom. The van der Waals surface area contributed by atoms with Crippen molar-refractivity contribution in [2.24, 2.45) is 5.41 Å². The van der Waals surface area contributed by atoms with Crippen molar-refractivity contribution in [1.29, 1.82) is 0 Å². The van der Waals surface area contributed by atoms with E-state index < -0.39 is 11.4 Å². The second-order valence-electron chi connectivity index (χ2n) is 4.28. The van der Waals surface area contributed by atoms with E-state index in [1.54, 1.807) is 0 Å². The molecule has 3 N–H and O–H groups in total. The molecule has 1 aromatic rings. The van der Waals surface area contributed by atoms with Crippen molar-refractivity contribution < 1.29 is 19.5 Å². The van der Waals surface area contributed by atoms with Crippen molar-refractivity contribution in [3.63, 3.8) is 0 Å². The molecule has 1 aromatic heterocycles. The molecule has 102 valence electrons. The van der Waals surface area contributed by atoms with Crippen molar-refractivity contribution in [1.82, 2.24) is 15.6 Å². The van der Waals surface area contributed by atoms with Gasteiger partial charge in [0, 0.05) is 12.4 Å². The minimum Gasteiger partial charge on any atom is -0.476 e. The molecule has 8 heteroatoms. The van der Waals surface area contributed by atoms with Crippen LogP contribution in [0.25, 0.3) is 0 Å². The lowest BCUT2D eigenvalue weighted by atomic mass is 10.1. The zero-order valence-electron chi connectivity index (χ0n) is 10.2. The molecule has 1 heterocycles. The Morgan fingerprint density at radius 2 is 2.11 bits per heavy atom. The minimum absolute atomic E-state index is 0.0401. The molecule has 2 rings (SSSR count). The average molecular weight is 283 g/mol. The molecule has 2 amide bonds. The summed E-state index contributed by atoms with van der Waals surface area (Å²) in [5, 5.41) is 15.7. The maximum Gasteiger partial charge on any atom is 0.355 e. The normalized spacial score (nSPS) is 15.6. The number of nitrogens with one attached hydrogen (secondary N) is 2. The van der Waals surface area contributed by atoms with E-state index in [1.807, 2.05) is 0 Å². The van der Waals surface area contributed by atoms with Crippen molar-refractivity contribution in [2.75, 3.05) is 7.05 Å². The van der Waals surface area contributed by atoms with Gasteiger partial charge in [-0.3, -0.25) is 9.59 Å². The monoisotopic (exact) mass is 283 g/mol. The van der Waals surface area contributed by atoms with Crippen LogP contribution in [0.3, 0.4) is 0 Å². The molecule has 0 unspecified atom stereocenters. The number of rotatable bonds is 5. The van der Waals surface area contributed by atoms with Crippen LogP contribution in [0.2, 0.25) is 0 Å². The summed E-state index contributed by atoms with van der Waals surface area (Å²) in [6.45, 7) is 0.134. The highest BCUT2D eigenvalue weighted by Crippen LogP contribution is 2.46. The Labute approximate surface area is 113 Å². The minimum atomic E-state index is -1.10. The van der Waals surface area contributed by atoms with Gasteiger partial charge in [-0.25, -0.2) is 9.78 Å². The predicted octanol–water partition coefficient (Wildman–Crippen LogP) is -0.0163. The van der Waals surface area contributed by atoms with E-state index in [2.05, 4.69) is 15.6 Å². The summed E-state index contributed by atoms with van der Waals surface area (Å²) < 4.78 is 0. The number of carbonyl (C=O) groups is 3. The molecular formula is C11H13N3O4S. The van der Waals surface area contributed by atoms with Gasteiger partial charge in [0.2, 0.25) is 11.8 Å². The number of nitrogens with zero attached hydrogens (tertiary/aromatic N) is 1. The number of hydrogen-bond donors (Lipinski definition) is 3. The van der Waals surface area contributed by atoms with Gasteiger partial charge in [0.15, 0.2) is 5.69 Å². The Hall–Kier alpha value is -1.96. The number of hydrogen-bond acceptors (Lipinski definition) is 5. The summed E-state index contributed by atoms with van der Waals surface area (Å²) in [5.74, 6) is -1.72. The molecule has 1 aliphatic carbocycles. The number of carbonyl (C=O) groups excluding carboxylic acids is 2. The van der Waals surface area contributed by atoms with Crippen LogP contribution < -0.4 is 10.6 Å². The average Bonchev–Trinajstić information content (AvgIpc) is 3.07. The van der Waals surface area contributed by atoms with E-state index in [0.29, 0.717) is 17.8 Å². The fourth-order valence-corrected chi connectivity index (χ4v) is 2.44. The lowest BCUT2D eigenvalue weighted by Gasteiger charge is -2.12. The third-order valence-corrected chi connectivity index (χ3v) is 3.87. The predicted molar refractivity (Wildman–Crippen MR) is 66.7 cm³/mol. The fourth-order valence-electron chi connectivity index (χ4n) is 1.74. The smallest absolute Gasteiger partial charge is 0.355 e. The van der Waals surface area contributed by atoms with E-state index in [0.717, 1.165) is 11.3 Å². The molecule has 0 atom stereocenters. The SMILES string of the molecule is CNC(=O)C1(C(=O)NCc2nc(C(=O)O)cs2)CC1. The molecule has 19 heavy (non-hydrogen) atoms. The van der Waals surface area contributed by atoms with Gasteiger partial charge in [0.1, 0.15) is 10.4 Å². The van der Waals surface area contributed by atoms with Crippen LogP contribution in [0.4, 0.5) is 0 Å². The summed E-state index contributed by atoms with van der Waals surface area (Å²) in [6.07, 6.45) is 1.08. The summed E-state index contributed by atoms with van der Waals surface area (Å²) in [6, 6.07) is 0. The van der Waals surface area contributed by atoms with Gasteiger partial charge in [0.05, 0.1) is 6.54 Å². The molecule has 1 aliphatic rings. The molecule has 0 bridgehead atoms. The van der Waals surface area contributed by atoms with Crippen LogP contribution in [0, 0.1) is 5.41 Å². The lowest BCUT2D eigenvalue weighted by molar-refractivity contribution is -0.137. The number of amides is 2. The maximum atomic E-state index is 11.9. The summed E-state index contributed by atoms with van der Waals surface area (Å²) in [4.78, 5) is 38.0. The van der Waals surface area contributed by atoms with Crippen molar-refractivity contribution in [3.8, 4) is 0 Å². The number of carboxylic acids is 1. The van der Waals surface area contributed by atoms with Gasteiger partial charge >= 0.3 is 5.97 Å². The second-order valence-corrected chi connectivity index (χ2v) is 5.22. The van der Waals surface area contributed by atoms with Gasteiger partial charge in [-0.1, -0.05) is 0 Å². The molecular weight excluding hydrogens is 270 g/mol. The molecule has 0 aromatic carbocycles. The topological polar surface area (TPSA) is 108 Å². The van der Waals surface area contributed by atoms with E-state index in [1.165, 1.54) is 12.4 Å². The van der Waals surface area contributed by atoms with Gasteiger partial charge < -0.3 is 15.7 Å². The number of carboxylic acid groups (broad SMARTS) is 1. The lowest BCUT2D eigenvalue weighted by Crippen LogP contribution is -2.41. The Balaban J connectivity index is 1.93. The van der Waals surface area contributed by atoms with Crippen LogP contribution >= 0.6 is 11.3 Å². The Morgan fingerprint density at radius 3 is 2.58 bits per heavy atom. The van der Waals surface area contributed by atoms with Crippen molar-refractivity contribution in [2.45, 2.75) is 19.4 Å². The van der Waals surface area contributed by atoms with Crippen LogP contribution in [-0.4, -0.2) is 34.9 Å². The van der Waals surface area contributed by atoms with Gasteiger partial charge in [-0.2, -0.15) is 0 Å². The highest BCUT2D eigenvalue weighted by atomic mass is 32.1. The van der Waals surface area contributed by atoms with E-state index >= 15 is 0 Å². The number of thiazole rings is 1.